The van der Waals surface area contributed by atoms with Crippen LogP contribution in [0.1, 0.15) is 0 Å². The summed E-state index contributed by atoms with van der Waals surface area (Å²) in [6.45, 7) is 0. The summed E-state index contributed by atoms with van der Waals surface area (Å²) in [7, 11) is 0. The van der Waals surface area contributed by atoms with E-state index in [4.69, 9.17) is 6.69 Å². The van der Waals surface area contributed by atoms with Crippen LogP contribution in [-0.4, -0.2) is 0 Å². The van der Waals surface area contributed by atoms with Gasteiger partial charge in [-0.15, -0.1) is 0 Å². The van der Waals surface area contributed by atoms with Crippen molar-refractivity contribution in [3.05, 3.63) is 0 Å². The van der Waals surface area contributed by atoms with Crippen LogP contribution in [-0.2, 0) is 47.0 Å². The predicted molar refractivity (Wildman–Crippen MR) is 1.37 cm³/mol. The summed E-state index contributed by atoms with van der Waals surface area (Å²) in [5.41, 5.74) is 0. The molecule has 4 heavy (non-hydrogen) atoms. The van der Waals surface area contributed by atoms with E-state index >= 15 is 0 Å². The molecule has 0 aromatic carbocycles. The molecule has 0 fully saturated rings. The van der Waals surface area contributed by atoms with E-state index < -0.39 is 0 Å². The average Bonchev–Trinajstić information content (AvgIpc) is 1.50. The van der Waals surface area contributed by atoms with Gasteiger partial charge in [-0.1, -0.05) is 0 Å². The van der Waals surface area contributed by atoms with Crippen molar-refractivity contribution < 1.29 is 47.0 Å². The van der Waals surface area contributed by atoms with E-state index in [0.29, 0.717) is 0 Å². The molecule has 0 unspecified atom stereocenters. The molecule has 0 N–H and O–H groups in total. The molecule has 0 aliphatic rings. The summed E-state index contributed by atoms with van der Waals surface area (Å²) < 4.78 is 16.4. The first kappa shape index (κ1) is 8.89. The van der Waals surface area contributed by atoms with Crippen LogP contribution >= 0.6 is 0 Å². The van der Waals surface area contributed by atoms with Crippen LogP contribution in [0.5, 0.6) is 0 Å². The Labute approximate surface area is 47.0 Å². The summed E-state index contributed by atoms with van der Waals surface area (Å²) in [6.07, 6.45) is 0. The molecule has 0 bridgehead atoms. The first-order valence-corrected chi connectivity index (χ1v) is 2.27. The topological polar surface area (TPSA) is 34.1 Å². The molecule has 4 heteroatoms. The molecule has 0 radical (unpaired) electrons. The van der Waals surface area contributed by atoms with Gasteiger partial charge in [-0.3, -0.25) is 0 Å². The number of hydrogen-bond donors (Lipinski definition) is 0. The van der Waals surface area contributed by atoms with E-state index in [1.807, 2.05) is 15.9 Å². The van der Waals surface area contributed by atoms with Gasteiger partial charge < -0.3 is 0 Å². The van der Waals surface area contributed by atoms with Gasteiger partial charge in [0.1, 0.15) is 0 Å². The molecule has 0 spiro atoms. The molecule has 24 valence electrons. The molecule has 0 aliphatic heterocycles. The van der Waals surface area contributed by atoms with E-state index in [1.54, 1.807) is 0 Å². The first-order chi connectivity index (χ1) is 2.00. The van der Waals surface area contributed by atoms with Crippen LogP contribution in [0.4, 0.5) is 0 Å². The molecule has 0 heterocycles. The Kier molecular flexibility index (Phi) is 80.9. The zero-order chi connectivity index (χ0) is 4.00. The third-order valence-corrected chi connectivity index (χ3v) is 0. The van der Waals surface area contributed by atoms with Gasteiger partial charge in [0.05, 0.1) is 0 Å². The molecule has 0 aromatic heterocycles. The van der Waals surface area contributed by atoms with Crippen LogP contribution < -0.4 is 0 Å². The fourth-order valence-corrected chi connectivity index (χ4v) is 0. The molecule has 0 saturated carbocycles. The van der Waals surface area contributed by atoms with E-state index in [9.17, 15) is 0 Å². The Balaban J connectivity index is 0. The first-order valence-electron chi connectivity index (χ1n) is 0.348. The van der Waals surface area contributed by atoms with Crippen molar-refractivity contribution >= 4 is 0 Å². The second-order valence-corrected chi connectivity index (χ2v) is 0. The Morgan fingerprint density at radius 2 is 1.25 bits per heavy atom. The van der Waals surface area contributed by atoms with Crippen LogP contribution in [0.2, 0.25) is 0 Å². The Bertz CT molecular complexity index is 8.00. The normalized spacial score (nSPS) is 2.00. The Morgan fingerprint density at radius 3 is 1.25 bits per heavy atom. The second-order valence-electron chi connectivity index (χ2n) is 0. The van der Waals surface area contributed by atoms with Crippen molar-refractivity contribution in [2.45, 2.75) is 0 Å². The SMILES string of the molecule is [O]=[Fe].[O]=[Hf]. The van der Waals surface area contributed by atoms with Gasteiger partial charge in [-0.05, 0) is 0 Å². The minimum absolute atomic E-state index is 0.0556. The average molecular weight is 266 g/mol. The van der Waals surface area contributed by atoms with Gasteiger partial charge in [-0.2, -0.15) is 0 Å². The van der Waals surface area contributed by atoms with Gasteiger partial charge in [0.15, 0.2) is 0 Å². The maximum atomic E-state index is 8.39. The van der Waals surface area contributed by atoms with E-state index in [-0.39, 0.29) is 24.4 Å². The van der Waals surface area contributed by atoms with Crippen molar-refractivity contribution in [1.82, 2.24) is 0 Å². The fraction of sp³-hybridized carbons (Fsp3) is 0. The molecule has 2 nitrogen and oxygen atoms in total. The third-order valence-electron chi connectivity index (χ3n) is 0. The fourth-order valence-electron chi connectivity index (χ4n) is 0. The van der Waals surface area contributed by atoms with Crippen molar-refractivity contribution in [2.24, 2.45) is 0 Å². The minimum atomic E-state index is 0.0556. The molecule has 0 amide bonds. The van der Waals surface area contributed by atoms with Crippen molar-refractivity contribution in [1.29, 1.82) is 0 Å². The van der Waals surface area contributed by atoms with E-state index in [2.05, 4.69) is 0 Å². The summed E-state index contributed by atoms with van der Waals surface area (Å²) >= 11 is 2.06. The van der Waals surface area contributed by atoms with Gasteiger partial charge in [0.2, 0.25) is 0 Å². The molecule has 0 atom stereocenters. The molecule has 0 saturated heterocycles. The van der Waals surface area contributed by atoms with Crippen molar-refractivity contribution in [3.63, 3.8) is 0 Å². The molecule has 0 aromatic rings. The summed E-state index contributed by atoms with van der Waals surface area (Å²) in [5.74, 6) is 0. The van der Waals surface area contributed by atoms with Gasteiger partial charge in [0, 0.05) is 0 Å². The number of hydrogen-bond acceptors (Lipinski definition) is 2. The predicted octanol–water partition coefficient (Wildman–Crippen LogP) is -0.243. The van der Waals surface area contributed by atoms with Crippen LogP contribution in [0, 0.1) is 0 Å². The van der Waals surface area contributed by atoms with Gasteiger partial charge in [0.25, 0.3) is 0 Å². The summed E-state index contributed by atoms with van der Waals surface area (Å²) in [4.78, 5) is 0. The van der Waals surface area contributed by atoms with Crippen molar-refractivity contribution in [2.75, 3.05) is 0 Å². The van der Waals surface area contributed by atoms with Gasteiger partial charge in [-0.25, -0.2) is 0 Å². The quantitative estimate of drug-likeness (QED) is 0.567. The third kappa shape index (κ3) is 12.1. The van der Waals surface area contributed by atoms with Crippen LogP contribution in [0.15, 0.2) is 0 Å². The van der Waals surface area contributed by atoms with Crippen LogP contribution in [0.25, 0.3) is 0 Å². The van der Waals surface area contributed by atoms with Crippen molar-refractivity contribution in [3.8, 4) is 0 Å². The van der Waals surface area contributed by atoms with Crippen LogP contribution in [0.3, 0.4) is 0 Å². The molecular formula is FeHfO2. The zero-order valence-electron chi connectivity index (χ0n) is 1.67. The standard InChI is InChI=1S/Fe.Hf.2O. The summed E-state index contributed by atoms with van der Waals surface area (Å²) in [6, 6.07) is 0. The summed E-state index contributed by atoms with van der Waals surface area (Å²) in [5, 5.41) is 0. The molecule has 0 rings (SSSR count). The number of rotatable bonds is 0. The Morgan fingerprint density at radius 1 is 1.25 bits per heavy atom. The second kappa shape index (κ2) is 36.4. The monoisotopic (exact) mass is 268 g/mol. The van der Waals surface area contributed by atoms with E-state index in [1.165, 1.54) is 0 Å². The van der Waals surface area contributed by atoms with E-state index in [0.717, 1.165) is 0 Å². The Hall–Kier alpha value is 0.990. The zero-order valence-corrected chi connectivity index (χ0v) is 6.37. The van der Waals surface area contributed by atoms with Gasteiger partial charge >= 0.3 is 47.0 Å². The molecule has 0 aliphatic carbocycles. The maximum absolute atomic E-state index is 8.39. The molecular weight excluding hydrogens is 266 g/mol.